The summed E-state index contributed by atoms with van der Waals surface area (Å²) in [5.74, 6) is 0.999. The van der Waals surface area contributed by atoms with Gasteiger partial charge in [0, 0.05) is 6.42 Å². The second-order valence-corrected chi connectivity index (χ2v) is 3.51. The number of imidazole rings is 1. The average Bonchev–Trinajstić information content (AvgIpc) is 2.48. The van der Waals surface area contributed by atoms with Crippen LogP contribution in [0.3, 0.4) is 0 Å². The molecule has 70 valence electrons. The normalized spacial score (nSPS) is 9.77. The minimum Gasteiger partial charge on any atom is -0.342 e. The van der Waals surface area contributed by atoms with E-state index in [-0.39, 0.29) is 0 Å². The molecule has 0 aliphatic rings. The first-order chi connectivity index (χ1) is 6.09. The maximum atomic E-state index is 4.25. The lowest BCUT2D eigenvalue weighted by Crippen LogP contribution is -1.85. The zero-order valence-electron chi connectivity index (χ0n) is 8.52. The van der Waals surface area contributed by atoms with Gasteiger partial charge in [-0.05, 0) is 26.3 Å². The standard InChI is InChI=1S/C11H16N2/c1-8(2)5-6-11-12-7-10(13-11)9(3)4/h5,7H,3,6H2,1-2,4H3,(H,12,13). The van der Waals surface area contributed by atoms with Gasteiger partial charge in [-0.15, -0.1) is 0 Å². The Balaban J connectivity index is 2.70. The number of rotatable bonds is 3. The molecule has 0 aliphatic heterocycles. The van der Waals surface area contributed by atoms with Crippen LogP contribution in [0.2, 0.25) is 0 Å². The third-order valence-electron chi connectivity index (χ3n) is 1.79. The summed E-state index contributed by atoms with van der Waals surface area (Å²) in [7, 11) is 0. The Labute approximate surface area is 79.4 Å². The maximum Gasteiger partial charge on any atom is 0.110 e. The molecule has 1 aromatic heterocycles. The van der Waals surface area contributed by atoms with Gasteiger partial charge in [-0.25, -0.2) is 4.98 Å². The van der Waals surface area contributed by atoms with Crippen molar-refractivity contribution in [3.8, 4) is 0 Å². The fourth-order valence-corrected chi connectivity index (χ4v) is 0.984. The summed E-state index contributed by atoms with van der Waals surface area (Å²) in [6.45, 7) is 9.99. The molecule has 0 atom stereocenters. The molecule has 0 saturated heterocycles. The topological polar surface area (TPSA) is 28.7 Å². The van der Waals surface area contributed by atoms with E-state index in [0.717, 1.165) is 23.5 Å². The van der Waals surface area contributed by atoms with Crippen LogP contribution in [0.1, 0.15) is 32.3 Å². The third-order valence-corrected chi connectivity index (χ3v) is 1.79. The number of allylic oxidation sites excluding steroid dienone is 3. The van der Waals surface area contributed by atoms with Crippen molar-refractivity contribution < 1.29 is 0 Å². The third kappa shape index (κ3) is 2.90. The quantitative estimate of drug-likeness (QED) is 0.705. The van der Waals surface area contributed by atoms with E-state index in [4.69, 9.17) is 0 Å². The molecule has 2 nitrogen and oxygen atoms in total. The smallest absolute Gasteiger partial charge is 0.110 e. The average molecular weight is 176 g/mol. The molecule has 0 spiro atoms. The molecular weight excluding hydrogens is 160 g/mol. The number of nitrogens with one attached hydrogen (secondary N) is 1. The number of H-pyrrole nitrogens is 1. The highest BCUT2D eigenvalue weighted by molar-refractivity contribution is 5.56. The van der Waals surface area contributed by atoms with Crippen molar-refractivity contribution in [3.05, 3.63) is 35.9 Å². The first kappa shape index (κ1) is 9.78. The predicted octanol–water partition coefficient (Wildman–Crippen LogP) is 2.95. The van der Waals surface area contributed by atoms with Gasteiger partial charge < -0.3 is 4.98 Å². The lowest BCUT2D eigenvalue weighted by atomic mass is 10.2. The summed E-state index contributed by atoms with van der Waals surface area (Å²) in [5, 5.41) is 0. The van der Waals surface area contributed by atoms with E-state index in [1.165, 1.54) is 5.57 Å². The van der Waals surface area contributed by atoms with E-state index in [0.29, 0.717) is 0 Å². The van der Waals surface area contributed by atoms with Crippen molar-refractivity contribution in [3.63, 3.8) is 0 Å². The van der Waals surface area contributed by atoms with Crippen molar-refractivity contribution >= 4 is 5.57 Å². The summed E-state index contributed by atoms with van der Waals surface area (Å²) in [6.07, 6.45) is 4.85. The Morgan fingerprint density at radius 2 is 2.23 bits per heavy atom. The van der Waals surface area contributed by atoms with Gasteiger partial charge in [0.15, 0.2) is 0 Å². The van der Waals surface area contributed by atoms with Crippen molar-refractivity contribution in [2.75, 3.05) is 0 Å². The molecule has 0 amide bonds. The lowest BCUT2D eigenvalue weighted by molar-refractivity contribution is 1.04. The molecule has 13 heavy (non-hydrogen) atoms. The number of hydrogen-bond acceptors (Lipinski definition) is 1. The van der Waals surface area contributed by atoms with Crippen LogP contribution < -0.4 is 0 Å². The molecule has 1 N–H and O–H groups in total. The summed E-state index contributed by atoms with van der Waals surface area (Å²) in [5.41, 5.74) is 3.36. The maximum absolute atomic E-state index is 4.25. The Morgan fingerprint density at radius 3 is 2.69 bits per heavy atom. The molecule has 1 aromatic rings. The van der Waals surface area contributed by atoms with Crippen LogP contribution in [0.15, 0.2) is 24.4 Å². The summed E-state index contributed by atoms with van der Waals surface area (Å²) < 4.78 is 0. The van der Waals surface area contributed by atoms with Crippen LogP contribution in [0.5, 0.6) is 0 Å². The summed E-state index contributed by atoms with van der Waals surface area (Å²) in [4.78, 5) is 7.46. The molecule has 2 heteroatoms. The summed E-state index contributed by atoms with van der Waals surface area (Å²) in [6, 6.07) is 0. The second-order valence-electron chi connectivity index (χ2n) is 3.51. The molecule has 0 saturated carbocycles. The number of aromatic amines is 1. The van der Waals surface area contributed by atoms with E-state index in [9.17, 15) is 0 Å². The Morgan fingerprint density at radius 1 is 1.54 bits per heavy atom. The van der Waals surface area contributed by atoms with Gasteiger partial charge in [0.2, 0.25) is 0 Å². The molecule has 0 fully saturated rings. The van der Waals surface area contributed by atoms with Crippen LogP contribution in [-0.4, -0.2) is 9.97 Å². The largest absolute Gasteiger partial charge is 0.342 e. The Bertz CT molecular complexity index is 328. The molecule has 0 bridgehead atoms. The van der Waals surface area contributed by atoms with E-state index in [1.54, 1.807) is 0 Å². The minimum atomic E-state index is 0.871. The highest BCUT2D eigenvalue weighted by atomic mass is 14.9. The molecule has 1 heterocycles. The van der Waals surface area contributed by atoms with Crippen LogP contribution in [0, 0.1) is 0 Å². The van der Waals surface area contributed by atoms with Crippen LogP contribution in [0.25, 0.3) is 5.57 Å². The zero-order valence-corrected chi connectivity index (χ0v) is 8.52. The molecule has 0 unspecified atom stereocenters. The van der Waals surface area contributed by atoms with Crippen molar-refractivity contribution in [1.82, 2.24) is 9.97 Å². The predicted molar refractivity (Wildman–Crippen MR) is 56.4 cm³/mol. The fraction of sp³-hybridized carbons (Fsp3) is 0.364. The first-order valence-corrected chi connectivity index (χ1v) is 4.42. The second kappa shape index (κ2) is 4.08. The number of aromatic nitrogens is 2. The van der Waals surface area contributed by atoms with Crippen molar-refractivity contribution in [2.24, 2.45) is 0 Å². The summed E-state index contributed by atoms with van der Waals surface area (Å²) >= 11 is 0. The molecule has 0 aliphatic carbocycles. The van der Waals surface area contributed by atoms with Gasteiger partial charge in [0.1, 0.15) is 5.82 Å². The van der Waals surface area contributed by atoms with E-state index in [1.807, 2.05) is 13.1 Å². The van der Waals surface area contributed by atoms with Gasteiger partial charge in [0.05, 0.1) is 11.9 Å². The minimum absolute atomic E-state index is 0.871. The Hall–Kier alpha value is -1.31. The van der Waals surface area contributed by atoms with Crippen LogP contribution in [0.4, 0.5) is 0 Å². The number of hydrogen-bond donors (Lipinski definition) is 1. The SMILES string of the molecule is C=C(C)c1cnc(CC=C(C)C)[nH]1. The van der Waals surface area contributed by atoms with Crippen molar-refractivity contribution in [1.29, 1.82) is 0 Å². The zero-order chi connectivity index (χ0) is 9.84. The van der Waals surface area contributed by atoms with Gasteiger partial charge in [-0.2, -0.15) is 0 Å². The van der Waals surface area contributed by atoms with E-state index < -0.39 is 0 Å². The monoisotopic (exact) mass is 176 g/mol. The lowest BCUT2D eigenvalue weighted by Gasteiger charge is -1.92. The Kier molecular flexibility index (Phi) is 3.07. The van der Waals surface area contributed by atoms with Gasteiger partial charge in [0.25, 0.3) is 0 Å². The van der Waals surface area contributed by atoms with Crippen LogP contribution >= 0.6 is 0 Å². The van der Waals surface area contributed by atoms with E-state index >= 15 is 0 Å². The van der Waals surface area contributed by atoms with E-state index in [2.05, 4.69) is 36.5 Å². The highest BCUT2D eigenvalue weighted by Crippen LogP contribution is 2.08. The fourth-order valence-electron chi connectivity index (χ4n) is 0.984. The molecule has 0 aromatic carbocycles. The first-order valence-electron chi connectivity index (χ1n) is 4.42. The van der Waals surface area contributed by atoms with Gasteiger partial charge >= 0.3 is 0 Å². The molecular formula is C11H16N2. The van der Waals surface area contributed by atoms with Crippen LogP contribution in [-0.2, 0) is 6.42 Å². The van der Waals surface area contributed by atoms with Gasteiger partial charge in [-0.3, -0.25) is 0 Å². The highest BCUT2D eigenvalue weighted by Gasteiger charge is 1.98. The molecule has 1 rings (SSSR count). The van der Waals surface area contributed by atoms with Gasteiger partial charge in [-0.1, -0.05) is 18.2 Å². The number of nitrogens with zero attached hydrogens (tertiary/aromatic N) is 1. The van der Waals surface area contributed by atoms with Crippen molar-refractivity contribution in [2.45, 2.75) is 27.2 Å². The molecule has 0 radical (unpaired) electrons.